The minimum Gasteiger partial charge on any atom is -0.442 e. The molecule has 0 amide bonds. The average molecular weight is 370 g/mol. The van der Waals surface area contributed by atoms with Crippen molar-refractivity contribution >= 4 is 16.6 Å². The number of hydrogen-bond acceptors (Lipinski definition) is 6. The number of oxazole rings is 1. The highest BCUT2D eigenvalue weighted by Gasteiger charge is 2.23. The van der Waals surface area contributed by atoms with Gasteiger partial charge in [-0.2, -0.15) is 10.4 Å². The fourth-order valence-corrected chi connectivity index (χ4v) is 3.91. The SMILES string of the molecule is Cc1cc2[nH]nc(-c3cnco3)c2cc1NC1CCCc2cc(C#N)cnc21. The molecule has 5 rings (SSSR count). The van der Waals surface area contributed by atoms with E-state index in [0.717, 1.165) is 58.4 Å². The van der Waals surface area contributed by atoms with Crippen molar-refractivity contribution in [3.05, 3.63) is 59.4 Å². The van der Waals surface area contributed by atoms with Gasteiger partial charge in [0.15, 0.2) is 12.2 Å². The highest BCUT2D eigenvalue weighted by molar-refractivity contribution is 5.94. The van der Waals surface area contributed by atoms with Crippen molar-refractivity contribution in [2.75, 3.05) is 5.32 Å². The van der Waals surface area contributed by atoms with Crippen LogP contribution in [-0.4, -0.2) is 20.2 Å². The van der Waals surface area contributed by atoms with Crippen molar-refractivity contribution in [2.45, 2.75) is 32.2 Å². The molecule has 2 N–H and O–H groups in total. The summed E-state index contributed by atoms with van der Waals surface area (Å²) >= 11 is 0. The molecule has 7 nitrogen and oxygen atoms in total. The van der Waals surface area contributed by atoms with Crippen LogP contribution >= 0.6 is 0 Å². The molecule has 28 heavy (non-hydrogen) atoms. The lowest BCUT2D eigenvalue weighted by Crippen LogP contribution is -2.19. The predicted molar refractivity (Wildman–Crippen MR) is 105 cm³/mol. The van der Waals surface area contributed by atoms with Gasteiger partial charge in [-0.25, -0.2) is 4.98 Å². The average Bonchev–Trinajstić information content (AvgIpc) is 3.37. The molecular formula is C21H18N6O. The normalized spacial score (nSPS) is 15.9. The molecule has 0 aliphatic heterocycles. The molecule has 0 saturated heterocycles. The summed E-state index contributed by atoms with van der Waals surface area (Å²) < 4.78 is 5.42. The van der Waals surface area contributed by atoms with E-state index in [2.05, 4.69) is 50.6 Å². The van der Waals surface area contributed by atoms with Gasteiger partial charge in [-0.05, 0) is 55.5 Å². The molecule has 4 aromatic rings. The van der Waals surface area contributed by atoms with Crippen LogP contribution in [0.2, 0.25) is 0 Å². The maximum absolute atomic E-state index is 9.13. The second-order valence-electron chi connectivity index (χ2n) is 7.12. The molecule has 138 valence electrons. The first-order chi connectivity index (χ1) is 13.7. The molecule has 0 fully saturated rings. The number of anilines is 1. The minimum absolute atomic E-state index is 0.119. The number of nitrogens with zero attached hydrogens (tertiary/aromatic N) is 4. The molecule has 3 heterocycles. The lowest BCUT2D eigenvalue weighted by Gasteiger charge is -2.27. The van der Waals surface area contributed by atoms with Crippen molar-refractivity contribution in [1.29, 1.82) is 5.26 Å². The lowest BCUT2D eigenvalue weighted by molar-refractivity contribution is 0.570. The Kier molecular flexibility index (Phi) is 3.83. The Hall–Kier alpha value is -3.66. The third-order valence-corrected chi connectivity index (χ3v) is 5.30. The van der Waals surface area contributed by atoms with Gasteiger partial charge >= 0.3 is 0 Å². The van der Waals surface area contributed by atoms with Gasteiger partial charge in [0.25, 0.3) is 0 Å². The largest absolute Gasteiger partial charge is 0.442 e. The Morgan fingerprint density at radius 1 is 1.29 bits per heavy atom. The molecule has 1 aliphatic rings. The minimum atomic E-state index is 0.119. The van der Waals surface area contributed by atoms with Gasteiger partial charge < -0.3 is 9.73 Å². The Balaban J connectivity index is 1.53. The van der Waals surface area contributed by atoms with Crippen molar-refractivity contribution in [1.82, 2.24) is 20.2 Å². The Bertz CT molecular complexity index is 1200. The molecule has 7 heteroatoms. The summed E-state index contributed by atoms with van der Waals surface area (Å²) in [5.41, 5.74) is 6.68. The molecule has 1 atom stereocenters. The van der Waals surface area contributed by atoms with Gasteiger partial charge in [0.1, 0.15) is 11.8 Å². The molecule has 0 radical (unpaired) electrons. The molecule has 3 aromatic heterocycles. The molecule has 1 aliphatic carbocycles. The van der Waals surface area contributed by atoms with Gasteiger partial charge in [-0.1, -0.05) is 0 Å². The number of nitriles is 1. The number of rotatable bonds is 3. The zero-order valence-electron chi connectivity index (χ0n) is 15.4. The van der Waals surface area contributed by atoms with E-state index in [1.165, 1.54) is 6.39 Å². The summed E-state index contributed by atoms with van der Waals surface area (Å²) in [5.74, 6) is 0.634. The van der Waals surface area contributed by atoms with Crippen LogP contribution in [0.1, 0.15) is 41.3 Å². The lowest BCUT2D eigenvalue weighted by atomic mass is 9.90. The van der Waals surface area contributed by atoms with Gasteiger partial charge in [0.2, 0.25) is 0 Å². The second-order valence-corrected chi connectivity index (χ2v) is 7.12. The summed E-state index contributed by atoms with van der Waals surface area (Å²) in [6, 6.07) is 8.45. The van der Waals surface area contributed by atoms with Crippen molar-refractivity contribution in [2.24, 2.45) is 0 Å². The number of aromatic nitrogens is 4. The van der Waals surface area contributed by atoms with E-state index >= 15 is 0 Å². The van der Waals surface area contributed by atoms with E-state index in [1.54, 1.807) is 12.4 Å². The van der Waals surface area contributed by atoms with Crippen LogP contribution in [0.4, 0.5) is 5.69 Å². The molecular weight excluding hydrogens is 352 g/mol. The first-order valence-corrected chi connectivity index (χ1v) is 9.26. The fourth-order valence-electron chi connectivity index (χ4n) is 3.91. The van der Waals surface area contributed by atoms with Crippen LogP contribution in [0.25, 0.3) is 22.4 Å². The van der Waals surface area contributed by atoms with Crippen LogP contribution in [0.3, 0.4) is 0 Å². The number of fused-ring (bicyclic) bond motifs is 2. The summed E-state index contributed by atoms with van der Waals surface area (Å²) in [5, 5.41) is 21.2. The predicted octanol–water partition coefficient (Wildman–Crippen LogP) is 4.28. The Labute approximate surface area is 161 Å². The van der Waals surface area contributed by atoms with Gasteiger partial charge in [0.05, 0.1) is 29.0 Å². The number of pyridine rings is 1. The van der Waals surface area contributed by atoms with Crippen LogP contribution in [0.15, 0.2) is 41.4 Å². The molecule has 0 saturated carbocycles. The van der Waals surface area contributed by atoms with E-state index in [9.17, 15) is 0 Å². The number of hydrogen-bond donors (Lipinski definition) is 2. The molecule has 1 unspecified atom stereocenters. The maximum atomic E-state index is 9.13. The van der Waals surface area contributed by atoms with Crippen molar-refractivity contribution in [3.63, 3.8) is 0 Å². The molecule has 0 bridgehead atoms. The van der Waals surface area contributed by atoms with E-state index in [4.69, 9.17) is 9.68 Å². The zero-order chi connectivity index (χ0) is 19.1. The highest BCUT2D eigenvalue weighted by Crippen LogP contribution is 2.35. The fraction of sp³-hybridized carbons (Fsp3) is 0.238. The van der Waals surface area contributed by atoms with Crippen LogP contribution in [0.5, 0.6) is 0 Å². The Morgan fingerprint density at radius 3 is 3.04 bits per heavy atom. The number of nitrogens with one attached hydrogen (secondary N) is 2. The zero-order valence-corrected chi connectivity index (χ0v) is 15.4. The van der Waals surface area contributed by atoms with E-state index < -0.39 is 0 Å². The standard InChI is InChI=1S/C21H18N6O/c1-12-5-18-15(21(27-26-18)19-10-23-11-28-19)7-17(12)25-16-4-2-3-14-6-13(8-22)9-24-20(14)16/h5-7,9-11,16,25H,2-4H2,1H3,(H,26,27). The van der Waals surface area contributed by atoms with Crippen LogP contribution < -0.4 is 5.32 Å². The van der Waals surface area contributed by atoms with Crippen LogP contribution in [-0.2, 0) is 6.42 Å². The van der Waals surface area contributed by atoms with E-state index in [0.29, 0.717) is 11.3 Å². The number of aryl methyl sites for hydroxylation is 2. The highest BCUT2D eigenvalue weighted by atomic mass is 16.3. The topological polar surface area (TPSA) is 103 Å². The summed E-state index contributed by atoms with van der Waals surface area (Å²) in [4.78, 5) is 8.57. The molecule has 0 spiro atoms. The molecule has 1 aromatic carbocycles. The quantitative estimate of drug-likeness (QED) is 0.558. The van der Waals surface area contributed by atoms with Crippen molar-refractivity contribution < 1.29 is 4.42 Å². The van der Waals surface area contributed by atoms with Gasteiger partial charge in [0, 0.05) is 17.3 Å². The maximum Gasteiger partial charge on any atom is 0.181 e. The van der Waals surface area contributed by atoms with Gasteiger partial charge in [-0.15, -0.1) is 0 Å². The smallest absolute Gasteiger partial charge is 0.181 e. The summed E-state index contributed by atoms with van der Waals surface area (Å²) in [7, 11) is 0. The number of benzene rings is 1. The first kappa shape index (κ1) is 16.5. The van der Waals surface area contributed by atoms with Crippen molar-refractivity contribution in [3.8, 4) is 17.5 Å². The van der Waals surface area contributed by atoms with E-state index in [1.807, 2.05) is 6.07 Å². The third kappa shape index (κ3) is 2.70. The third-order valence-electron chi connectivity index (χ3n) is 5.30. The second kappa shape index (κ2) is 6.50. The first-order valence-electron chi connectivity index (χ1n) is 9.26. The monoisotopic (exact) mass is 370 g/mol. The van der Waals surface area contributed by atoms with Gasteiger partial charge in [-0.3, -0.25) is 10.1 Å². The number of aromatic amines is 1. The summed E-state index contributed by atoms with van der Waals surface area (Å²) in [6.07, 6.45) is 7.76. The number of H-pyrrole nitrogens is 1. The van der Waals surface area contributed by atoms with Crippen LogP contribution in [0, 0.1) is 18.3 Å². The Morgan fingerprint density at radius 2 is 2.21 bits per heavy atom. The summed E-state index contributed by atoms with van der Waals surface area (Å²) in [6.45, 7) is 2.08. The van der Waals surface area contributed by atoms with E-state index in [-0.39, 0.29) is 6.04 Å².